The van der Waals surface area contributed by atoms with E-state index in [9.17, 15) is 4.79 Å². The molecule has 0 aliphatic heterocycles. The van der Waals surface area contributed by atoms with E-state index in [0.29, 0.717) is 5.92 Å². The average molecular weight is 402 g/mol. The van der Waals surface area contributed by atoms with Crippen LogP contribution in [0.25, 0.3) is 0 Å². The largest absolute Gasteiger partial charge is 0.496 e. The number of rotatable bonds is 7. The summed E-state index contributed by atoms with van der Waals surface area (Å²) in [6.07, 6.45) is 0. The summed E-state index contributed by atoms with van der Waals surface area (Å²) in [5.41, 5.74) is 5.36. The molecule has 0 unspecified atom stereocenters. The third-order valence-corrected chi connectivity index (χ3v) is 5.59. The van der Waals surface area contributed by atoms with Crippen molar-refractivity contribution in [3.63, 3.8) is 0 Å². The zero-order valence-electron chi connectivity index (χ0n) is 18.5. The number of hydrogen-bond acceptors (Lipinski definition) is 2. The van der Waals surface area contributed by atoms with Gasteiger partial charge in [-0.3, -0.25) is 4.79 Å². The summed E-state index contributed by atoms with van der Waals surface area (Å²) in [6.45, 7) is 8.42. The second-order valence-corrected chi connectivity index (χ2v) is 8.09. The molecule has 0 saturated heterocycles. The highest BCUT2D eigenvalue weighted by Crippen LogP contribution is 2.33. The molecule has 0 fully saturated rings. The van der Waals surface area contributed by atoms with Gasteiger partial charge >= 0.3 is 0 Å². The van der Waals surface area contributed by atoms with Gasteiger partial charge in [0.15, 0.2) is 0 Å². The Morgan fingerprint density at radius 1 is 0.833 bits per heavy atom. The molecule has 3 aromatic carbocycles. The standard InChI is InChI=1S/C27H31NO2/c1-18(2)23-17-24(19(3)16-25(23)30-5)20(4)28-27(29)26(21-12-8-6-9-13-21)22-14-10-7-11-15-22/h6-18,20,26H,1-5H3,(H,28,29)/t20-/m0/s1. The van der Waals surface area contributed by atoms with Crippen LogP contribution in [0, 0.1) is 6.92 Å². The van der Waals surface area contributed by atoms with E-state index in [0.717, 1.165) is 33.6 Å². The van der Waals surface area contributed by atoms with Crippen LogP contribution < -0.4 is 10.1 Å². The fourth-order valence-corrected chi connectivity index (χ4v) is 3.97. The minimum atomic E-state index is -0.349. The predicted molar refractivity (Wildman–Crippen MR) is 123 cm³/mol. The molecule has 3 aromatic rings. The van der Waals surface area contributed by atoms with Crippen LogP contribution >= 0.6 is 0 Å². The molecule has 0 aliphatic carbocycles. The van der Waals surface area contributed by atoms with Crippen molar-refractivity contribution in [2.24, 2.45) is 0 Å². The number of methoxy groups -OCH3 is 1. The fraction of sp³-hybridized carbons (Fsp3) is 0.296. The molecule has 0 spiro atoms. The van der Waals surface area contributed by atoms with E-state index >= 15 is 0 Å². The van der Waals surface area contributed by atoms with E-state index < -0.39 is 0 Å². The van der Waals surface area contributed by atoms with E-state index in [2.05, 4.69) is 38.2 Å². The lowest BCUT2D eigenvalue weighted by Crippen LogP contribution is -2.32. The summed E-state index contributed by atoms with van der Waals surface area (Å²) < 4.78 is 5.57. The first-order chi connectivity index (χ1) is 14.4. The van der Waals surface area contributed by atoms with Crippen molar-refractivity contribution in [3.8, 4) is 5.75 Å². The second-order valence-electron chi connectivity index (χ2n) is 8.09. The van der Waals surface area contributed by atoms with Crippen LogP contribution in [0.5, 0.6) is 5.75 Å². The first kappa shape index (κ1) is 21.6. The number of amides is 1. The van der Waals surface area contributed by atoms with Gasteiger partial charge in [-0.1, -0.05) is 74.5 Å². The van der Waals surface area contributed by atoms with Crippen molar-refractivity contribution >= 4 is 5.91 Å². The quantitative estimate of drug-likeness (QED) is 0.517. The average Bonchev–Trinajstić information content (AvgIpc) is 2.74. The summed E-state index contributed by atoms with van der Waals surface area (Å²) in [5, 5.41) is 3.26. The lowest BCUT2D eigenvalue weighted by molar-refractivity contribution is -0.122. The molecule has 1 atom stereocenters. The number of ether oxygens (including phenoxy) is 1. The van der Waals surface area contributed by atoms with Crippen LogP contribution in [0.2, 0.25) is 0 Å². The van der Waals surface area contributed by atoms with E-state index in [4.69, 9.17) is 4.74 Å². The van der Waals surface area contributed by atoms with E-state index in [-0.39, 0.29) is 17.9 Å². The number of aryl methyl sites for hydroxylation is 1. The molecule has 30 heavy (non-hydrogen) atoms. The van der Waals surface area contributed by atoms with Gasteiger partial charge in [-0.25, -0.2) is 0 Å². The van der Waals surface area contributed by atoms with Gasteiger partial charge in [0.05, 0.1) is 19.1 Å². The number of hydrogen-bond donors (Lipinski definition) is 1. The molecule has 1 N–H and O–H groups in total. The number of nitrogens with one attached hydrogen (secondary N) is 1. The summed E-state index contributed by atoms with van der Waals surface area (Å²) in [5.74, 6) is 0.888. The molecular formula is C27H31NO2. The van der Waals surface area contributed by atoms with E-state index in [1.165, 1.54) is 0 Å². The molecule has 3 heteroatoms. The number of benzene rings is 3. The predicted octanol–water partition coefficient (Wildman–Crippen LogP) is 6.14. The normalized spacial score (nSPS) is 12.1. The Kier molecular flexibility index (Phi) is 6.94. The molecule has 3 nitrogen and oxygen atoms in total. The Bertz CT molecular complexity index is 941. The molecule has 0 heterocycles. The van der Waals surface area contributed by atoms with Gasteiger partial charge in [-0.15, -0.1) is 0 Å². The third kappa shape index (κ3) is 4.73. The van der Waals surface area contributed by atoms with Crippen LogP contribution in [-0.4, -0.2) is 13.0 Å². The Hall–Kier alpha value is -3.07. The maximum absolute atomic E-state index is 13.4. The summed E-state index contributed by atoms with van der Waals surface area (Å²) in [6, 6.07) is 24.0. The topological polar surface area (TPSA) is 38.3 Å². The molecule has 156 valence electrons. The molecular weight excluding hydrogens is 370 g/mol. The molecule has 0 bridgehead atoms. The fourth-order valence-electron chi connectivity index (χ4n) is 3.97. The van der Waals surface area contributed by atoms with Crippen LogP contribution in [0.3, 0.4) is 0 Å². The van der Waals surface area contributed by atoms with Gasteiger partial charge in [-0.05, 0) is 59.7 Å². The minimum absolute atomic E-state index is 0.00112. The second kappa shape index (κ2) is 9.62. The molecule has 1 amide bonds. The summed E-state index contributed by atoms with van der Waals surface area (Å²) in [7, 11) is 1.70. The highest BCUT2D eigenvalue weighted by atomic mass is 16.5. The first-order valence-electron chi connectivity index (χ1n) is 10.5. The Balaban J connectivity index is 1.92. The maximum Gasteiger partial charge on any atom is 0.232 e. The number of carbonyl (C=O) groups excluding carboxylic acids is 1. The van der Waals surface area contributed by atoms with Gasteiger partial charge in [0.25, 0.3) is 0 Å². The van der Waals surface area contributed by atoms with Crippen molar-refractivity contribution in [1.82, 2.24) is 5.32 Å². The van der Waals surface area contributed by atoms with Crippen LogP contribution in [0.15, 0.2) is 72.8 Å². The minimum Gasteiger partial charge on any atom is -0.496 e. The monoisotopic (exact) mass is 401 g/mol. The zero-order valence-corrected chi connectivity index (χ0v) is 18.5. The van der Waals surface area contributed by atoms with Gasteiger partial charge in [-0.2, -0.15) is 0 Å². The Labute approximate surface area is 180 Å². The highest BCUT2D eigenvalue weighted by molar-refractivity contribution is 5.87. The van der Waals surface area contributed by atoms with Crippen LogP contribution in [0.1, 0.15) is 66.5 Å². The van der Waals surface area contributed by atoms with Gasteiger partial charge in [0.2, 0.25) is 5.91 Å². The zero-order chi connectivity index (χ0) is 21.7. The van der Waals surface area contributed by atoms with Crippen LogP contribution in [-0.2, 0) is 4.79 Å². The molecule has 0 aromatic heterocycles. The van der Waals surface area contributed by atoms with Gasteiger partial charge in [0, 0.05) is 0 Å². The SMILES string of the molecule is COc1cc(C)c([C@H](C)NC(=O)C(c2ccccc2)c2ccccc2)cc1C(C)C. The Morgan fingerprint density at radius 3 is 1.83 bits per heavy atom. The molecule has 0 saturated carbocycles. The van der Waals surface area contributed by atoms with E-state index in [1.54, 1.807) is 7.11 Å². The van der Waals surface area contributed by atoms with Crippen molar-refractivity contribution < 1.29 is 9.53 Å². The van der Waals surface area contributed by atoms with Crippen molar-refractivity contribution in [2.45, 2.75) is 45.6 Å². The molecule has 0 aliphatic rings. The van der Waals surface area contributed by atoms with Crippen molar-refractivity contribution in [3.05, 3.63) is 101 Å². The molecule has 0 radical (unpaired) electrons. The maximum atomic E-state index is 13.4. The summed E-state index contributed by atoms with van der Waals surface area (Å²) in [4.78, 5) is 13.4. The smallest absolute Gasteiger partial charge is 0.232 e. The molecule has 3 rings (SSSR count). The van der Waals surface area contributed by atoms with E-state index in [1.807, 2.05) is 67.6 Å². The van der Waals surface area contributed by atoms with Gasteiger partial charge < -0.3 is 10.1 Å². The van der Waals surface area contributed by atoms with Gasteiger partial charge in [0.1, 0.15) is 5.75 Å². The van der Waals surface area contributed by atoms with Crippen LogP contribution in [0.4, 0.5) is 0 Å². The lowest BCUT2D eigenvalue weighted by atomic mass is 9.89. The van der Waals surface area contributed by atoms with Crippen molar-refractivity contribution in [2.75, 3.05) is 7.11 Å². The third-order valence-electron chi connectivity index (χ3n) is 5.59. The first-order valence-corrected chi connectivity index (χ1v) is 10.5. The lowest BCUT2D eigenvalue weighted by Gasteiger charge is -2.24. The summed E-state index contributed by atoms with van der Waals surface area (Å²) >= 11 is 0. The van der Waals surface area contributed by atoms with Crippen molar-refractivity contribution in [1.29, 1.82) is 0 Å². The Morgan fingerprint density at radius 2 is 1.37 bits per heavy atom. The highest BCUT2D eigenvalue weighted by Gasteiger charge is 2.25. The number of carbonyl (C=O) groups is 1.